The number of benzene rings is 3. The van der Waals surface area contributed by atoms with Gasteiger partial charge in [-0.3, -0.25) is 15.2 Å². The maximum absolute atomic E-state index is 12.6. The van der Waals surface area contributed by atoms with E-state index < -0.39 is 5.91 Å². The predicted molar refractivity (Wildman–Crippen MR) is 142 cm³/mol. The Labute approximate surface area is 206 Å². The van der Waals surface area contributed by atoms with Gasteiger partial charge in [-0.1, -0.05) is 103 Å². The second kappa shape index (κ2) is 9.30. The van der Waals surface area contributed by atoms with Crippen molar-refractivity contribution < 1.29 is 4.79 Å². The molecule has 2 heterocycles. The number of anilines is 2. The topological polar surface area (TPSA) is 60.0 Å². The zero-order valence-corrected chi connectivity index (χ0v) is 19.7. The average molecular weight is 490 g/mol. The van der Waals surface area contributed by atoms with Crippen LogP contribution in [-0.4, -0.2) is 31.3 Å². The fourth-order valence-corrected chi connectivity index (χ4v) is 5.49. The number of thiocarbonyl (C=S) groups is 2. The molecule has 0 bridgehead atoms. The quantitative estimate of drug-likeness (QED) is 0.514. The van der Waals surface area contributed by atoms with Gasteiger partial charge in [-0.15, -0.1) is 0 Å². The smallest absolute Gasteiger partial charge is 0.284 e. The first-order chi connectivity index (χ1) is 16.1. The summed E-state index contributed by atoms with van der Waals surface area (Å²) in [6.45, 7) is 0. The van der Waals surface area contributed by atoms with E-state index in [4.69, 9.17) is 29.5 Å². The number of carbonyl (C=O) groups is 1. The summed E-state index contributed by atoms with van der Waals surface area (Å²) >= 11 is 12.5. The minimum atomic E-state index is -0.412. The Kier molecular flexibility index (Phi) is 6.08. The van der Waals surface area contributed by atoms with Crippen molar-refractivity contribution in [2.75, 3.05) is 10.3 Å². The van der Waals surface area contributed by atoms with Crippen LogP contribution in [0.5, 0.6) is 0 Å². The van der Waals surface area contributed by atoms with Crippen LogP contribution in [0.15, 0.2) is 96.1 Å². The first-order valence-corrected chi connectivity index (χ1v) is 12.0. The van der Waals surface area contributed by atoms with E-state index in [1.165, 1.54) is 11.8 Å². The number of nitrogens with one attached hydrogen (secondary N) is 2. The summed E-state index contributed by atoms with van der Waals surface area (Å²) in [4.78, 5) is 12.6. The summed E-state index contributed by atoms with van der Waals surface area (Å²) in [5.74, 6) is 0.308. The number of amides is 1. The normalized spacial score (nSPS) is 19.2. The number of hydrazone groups is 1. The van der Waals surface area contributed by atoms with Crippen molar-refractivity contribution in [3.63, 3.8) is 0 Å². The lowest BCUT2D eigenvalue weighted by Gasteiger charge is -2.26. The third-order valence-electron chi connectivity index (χ3n) is 5.27. The van der Waals surface area contributed by atoms with Crippen molar-refractivity contribution >= 4 is 68.6 Å². The number of nitrogens with zero attached hydrogens (tertiary/aromatic N) is 3. The summed E-state index contributed by atoms with van der Waals surface area (Å²) < 4.78 is 0.572. The molecule has 2 unspecified atom stereocenters. The van der Waals surface area contributed by atoms with Crippen molar-refractivity contribution in [2.24, 2.45) is 5.10 Å². The zero-order valence-electron chi connectivity index (χ0n) is 17.3. The van der Waals surface area contributed by atoms with Crippen LogP contribution < -0.4 is 15.8 Å². The van der Waals surface area contributed by atoms with E-state index in [-0.39, 0.29) is 16.3 Å². The first-order valence-electron chi connectivity index (χ1n) is 10.3. The second-order valence-corrected chi connectivity index (χ2v) is 9.58. The number of hydrazine groups is 1. The van der Waals surface area contributed by atoms with Crippen LogP contribution >= 0.6 is 36.2 Å². The van der Waals surface area contributed by atoms with Crippen LogP contribution in [0, 0.1) is 0 Å². The van der Waals surface area contributed by atoms with Gasteiger partial charge >= 0.3 is 0 Å². The lowest BCUT2D eigenvalue weighted by Crippen LogP contribution is -2.48. The Morgan fingerprint density at radius 3 is 2.18 bits per heavy atom. The highest BCUT2D eigenvalue weighted by Crippen LogP contribution is 2.45. The molecule has 3 aromatic rings. The standard InChI is InChI=1S/C24H19N5OS3/c30-22(25-17-12-6-2-7-13-17)23(31)27-29-21-20(33-24(29)32)19(16-10-4-1-5-11-16)28(26-21)18-14-8-3-9-15-18/h1-15,19-20H,(H,25,30)(H,27,31). The summed E-state index contributed by atoms with van der Waals surface area (Å²) in [5.41, 5.74) is 5.77. The van der Waals surface area contributed by atoms with Crippen molar-refractivity contribution in [1.29, 1.82) is 0 Å². The molecule has 2 atom stereocenters. The summed E-state index contributed by atoms with van der Waals surface area (Å²) in [6.07, 6.45) is 0. The molecule has 0 spiro atoms. The van der Waals surface area contributed by atoms with Crippen molar-refractivity contribution in [3.8, 4) is 0 Å². The highest BCUT2D eigenvalue weighted by Gasteiger charge is 2.49. The Balaban J connectivity index is 1.41. The summed E-state index contributed by atoms with van der Waals surface area (Å²) in [7, 11) is 0. The number of para-hydroxylation sites is 2. The molecule has 0 aliphatic carbocycles. The molecule has 1 fully saturated rings. The molecule has 0 aromatic heterocycles. The van der Waals surface area contributed by atoms with Gasteiger partial charge in [0.2, 0.25) is 0 Å². The van der Waals surface area contributed by atoms with E-state index in [1.54, 1.807) is 17.1 Å². The van der Waals surface area contributed by atoms with Crippen molar-refractivity contribution in [1.82, 2.24) is 10.4 Å². The molecule has 33 heavy (non-hydrogen) atoms. The van der Waals surface area contributed by atoms with Gasteiger partial charge in [-0.25, -0.2) is 5.01 Å². The van der Waals surface area contributed by atoms with Gasteiger partial charge in [0.05, 0.1) is 11.7 Å². The predicted octanol–water partition coefficient (Wildman–Crippen LogP) is 4.73. The van der Waals surface area contributed by atoms with Crippen LogP contribution in [0.2, 0.25) is 0 Å². The third-order valence-corrected chi connectivity index (χ3v) is 7.12. The molecule has 5 rings (SSSR count). The Morgan fingerprint density at radius 1 is 0.909 bits per heavy atom. The van der Waals surface area contributed by atoms with Gasteiger partial charge in [0.25, 0.3) is 5.91 Å². The largest absolute Gasteiger partial charge is 0.320 e. The van der Waals surface area contributed by atoms with Crippen LogP contribution in [0.3, 0.4) is 0 Å². The molecule has 2 N–H and O–H groups in total. The number of fused-ring (bicyclic) bond motifs is 1. The minimum Gasteiger partial charge on any atom is -0.320 e. The lowest BCUT2D eigenvalue weighted by molar-refractivity contribution is -0.110. The molecule has 0 saturated carbocycles. The summed E-state index contributed by atoms with van der Waals surface area (Å²) in [6, 6.07) is 29.4. The maximum atomic E-state index is 12.6. The van der Waals surface area contributed by atoms with E-state index in [0.29, 0.717) is 10.0 Å². The lowest BCUT2D eigenvalue weighted by atomic mass is 10.0. The molecule has 164 valence electrons. The monoisotopic (exact) mass is 489 g/mol. The van der Waals surface area contributed by atoms with Gasteiger partial charge in [0, 0.05) is 5.69 Å². The van der Waals surface area contributed by atoms with E-state index >= 15 is 0 Å². The molecule has 3 aromatic carbocycles. The van der Waals surface area contributed by atoms with E-state index in [2.05, 4.69) is 22.9 Å². The third kappa shape index (κ3) is 4.35. The van der Waals surface area contributed by atoms with Crippen LogP contribution in [-0.2, 0) is 4.79 Å². The second-order valence-electron chi connectivity index (χ2n) is 7.39. The molecule has 2 aliphatic heterocycles. The van der Waals surface area contributed by atoms with Crippen LogP contribution in [0.4, 0.5) is 11.4 Å². The van der Waals surface area contributed by atoms with Crippen molar-refractivity contribution in [3.05, 3.63) is 96.6 Å². The van der Waals surface area contributed by atoms with Gasteiger partial charge in [0.1, 0.15) is 5.25 Å². The number of hydrogen-bond donors (Lipinski definition) is 2. The number of thioether (sulfide) groups is 1. The average Bonchev–Trinajstić information content (AvgIpc) is 3.36. The highest BCUT2D eigenvalue weighted by molar-refractivity contribution is 8.24. The molecule has 2 aliphatic rings. The van der Waals surface area contributed by atoms with Gasteiger partial charge in [-0.05, 0) is 29.8 Å². The maximum Gasteiger partial charge on any atom is 0.284 e. The Morgan fingerprint density at radius 2 is 1.52 bits per heavy atom. The molecule has 6 nitrogen and oxygen atoms in total. The number of amidine groups is 1. The van der Waals surface area contributed by atoms with Gasteiger partial charge in [0.15, 0.2) is 15.1 Å². The molecule has 1 saturated heterocycles. The summed E-state index contributed by atoms with van der Waals surface area (Å²) in [5, 5.41) is 11.3. The van der Waals surface area contributed by atoms with Gasteiger partial charge in [-0.2, -0.15) is 5.10 Å². The molecular formula is C24H19N5OS3. The molecular weight excluding hydrogens is 470 g/mol. The minimum absolute atomic E-state index is 0.0135. The molecule has 0 radical (unpaired) electrons. The highest BCUT2D eigenvalue weighted by atomic mass is 32.2. The van der Waals surface area contributed by atoms with Crippen LogP contribution in [0.25, 0.3) is 0 Å². The van der Waals surface area contributed by atoms with E-state index in [1.807, 2.05) is 71.7 Å². The van der Waals surface area contributed by atoms with E-state index in [0.717, 1.165) is 17.1 Å². The zero-order chi connectivity index (χ0) is 22.8. The van der Waals surface area contributed by atoms with E-state index in [9.17, 15) is 4.79 Å². The van der Waals surface area contributed by atoms with Gasteiger partial charge < -0.3 is 5.32 Å². The number of carbonyl (C=O) groups excluding carboxylic acids is 1. The first kappa shape index (κ1) is 21.6. The number of rotatable bonds is 4. The molecule has 1 amide bonds. The number of hydrogen-bond acceptors (Lipinski definition) is 6. The van der Waals surface area contributed by atoms with Crippen LogP contribution in [0.1, 0.15) is 11.6 Å². The van der Waals surface area contributed by atoms with Crippen molar-refractivity contribution in [2.45, 2.75) is 11.3 Å². The fraction of sp³-hybridized carbons (Fsp3) is 0.0833. The Hall–Kier alpha value is -3.27. The Bertz CT molecular complexity index is 1220. The molecule has 9 heteroatoms. The SMILES string of the molecule is O=C(Nc1ccccc1)C(=S)NN1C(=S)SC2C1=NN(c1ccccc1)C2c1ccccc1. The fourth-order valence-electron chi connectivity index (χ4n) is 3.77.